The number of hydrogen-bond acceptors (Lipinski definition) is 8. The second kappa shape index (κ2) is 18.0. The molecule has 3 N–H and O–H groups in total. The molecule has 0 aromatic rings. The summed E-state index contributed by atoms with van der Waals surface area (Å²) in [5, 5.41) is 5.48. The van der Waals surface area contributed by atoms with Crippen molar-refractivity contribution in [2.75, 3.05) is 53.5 Å². The third-order valence-corrected chi connectivity index (χ3v) is 5.22. The van der Waals surface area contributed by atoms with Crippen LogP contribution in [0.5, 0.6) is 0 Å². The van der Waals surface area contributed by atoms with Gasteiger partial charge in [-0.15, -0.1) is 0 Å². The standard InChI is InChI=1S/C20H41N4O7P/c1-6-17(3)16-30-32(27,28)29-15-13-22-18(25)10-8-11-19(26)31-20(21-7-2)23-12-9-14-24(4)5/h17H,6-16H2,1-5H3,(H,21,23)(H,22,25)(H,27,28). The molecule has 0 aromatic carbocycles. The van der Waals surface area contributed by atoms with E-state index in [0.717, 1.165) is 19.4 Å². The minimum atomic E-state index is -4.12. The summed E-state index contributed by atoms with van der Waals surface area (Å²) in [6.07, 6.45) is 2.17. The molecule has 0 heterocycles. The Morgan fingerprint density at radius 2 is 1.84 bits per heavy atom. The van der Waals surface area contributed by atoms with E-state index in [1.165, 1.54) is 0 Å². The highest BCUT2D eigenvalue weighted by molar-refractivity contribution is 7.47. The zero-order valence-corrected chi connectivity index (χ0v) is 21.0. The summed E-state index contributed by atoms with van der Waals surface area (Å²) in [6, 6.07) is 0.196. The molecule has 188 valence electrons. The average molecular weight is 481 g/mol. The number of carbonyl (C=O) groups excluding carboxylic acids is 2. The molecule has 0 saturated carbocycles. The predicted octanol–water partition coefficient (Wildman–Crippen LogP) is 1.91. The maximum atomic E-state index is 12.0. The SMILES string of the molecule is CCNC(=NCCCN(C)C)OC(=O)CCCC(=O)NCCOP(=O)(O)OCC(C)CC. The third kappa shape index (κ3) is 18.1. The minimum Gasteiger partial charge on any atom is -0.393 e. The van der Waals surface area contributed by atoms with E-state index < -0.39 is 13.8 Å². The maximum absolute atomic E-state index is 12.0. The second-order valence-electron chi connectivity index (χ2n) is 7.66. The lowest BCUT2D eigenvalue weighted by molar-refractivity contribution is -0.136. The molecule has 1 amide bonds. The maximum Gasteiger partial charge on any atom is 0.472 e. The first-order valence-corrected chi connectivity index (χ1v) is 12.6. The molecule has 0 bridgehead atoms. The van der Waals surface area contributed by atoms with Gasteiger partial charge in [0.05, 0.1) is 13.2 Å². The highest BCUT2D eigenvalue weighted by atomic mass is 31.2. The molecule has 2 atom stereocenters. The van der Waals surface area contributed by atoms with Gasteiger partial charge >= 0.3 is 13.8 Å². The number of nitrogens with zero attached hydrogens (tertiary/aromatic N) is 2. The Bertz CT molecular complexity index is 617. The molecule has 0 aliphatic rings. The zero-order chi connectivity index (χ0) is 24.4. The van der Waals surface area contributed by atoms with Crippen molar-refractivity contribution in [2.45, 2.75) is 52.9 Å². The van der Waals surface area contributed by atoms with Gasteiger partial charge in [-0.2, -0.15) is 0 Å². The van der Waals surface area contributed by atoms with Crippen molar-refractivity contribution in [3.63, 3.8) is 0 Å². The summed E-state index contributed by atoms with van der Waals surface area (Å²) in [6.45, 7) is 7.77. The number of carbonyl (C=O) groups is 2. The number of nitrogens with one attached hydrogen (secondary N) is 2. The van der Waals surface area contributed by atoms with Crippen LogP contribution in [0.1, 0.15) is 52.9 Å². The van der Waals surface area contributed by atoms with Crippen LogP contribution >= 0.6 is 7.82 Å². The molecule has 0 aromatic heterocycles. The van der Waals surface area contributed by atoms with E-state index in [4.69, 9.17) is 13.8 Å². The molecule has 11 nitrogen and oxygen atoms in total. The van der Waals surface area contributed by atoms with Crippen LogP contribution in [0.3, 0.4) is 0 Å². The summed E-state index contributed by atoms with van der Waals surface area (Å²) in [7, 11) is -0.163. The first kappa shape index (κ1) is 30.5. The fourth-order valence-electron chi connectivity index (χ4n) is 2.21. The number of aliphatic imine (C=N–C) groups is 1. The molecule has 0 radical (unpaired) electrons. The van der Waals surface area contributed by atoms with Crippen LogP contribution < -0.4 is 10.6 Å². The fourth-order valence-corrected chi connectivity index (χ4v) is 3.05. The highest BCUT2D eigenvalue weighted by Gasteiger charge is 2.21. The number of ether oxygens (including phenoxy) is 1. The van der Waals surface area contributed by atoms with Crippen molar-refractivity contribution in [3.8, 4) is 0 Å². The summed E-state index contributed by atoms with van der Waals surface area (Å²) in [5.74, 6) is -0.610. The lowest BCUT2D eigenvalue weighted by Crippen LogP contribution is -2.29. The van der Waals surface area contributed by atoms with Crippen LogP contribution in [-0.4, -0.2) is 81.2 Å². The Morgan fingerprint density at radius 1 is 1.12 bits per heavy atom. The minimum absolute atomic E-state index is 0.0602. The Kier molecular flexibility index (Phi) is 17.1. The quantitative estimate of drug-likeness (QED) is 0.0936. The van der Waals surface area contributed by atoms with Gasteiger partial charge in [0.2, 0.25) is 5.91 Å². The van der Waals surface area contributed by atoms with Crippen LogP contribution in [0.2, 0.25) is 0 Å². The smallest absolute Gasteiger partial charge is 0.393 e. The van der Waals surface area contributed by atoms with Crippen molar-refractivity contribution in [2.24, 2.45) is 10.9 Å². The van der Waals surface area contributed by atoms with Gasteiger partial charge in [-0.3, -0.25) is 18.6 Å². The van der Waals surface area contributed by atoms with Gasteiger partial charge in [0.15, 0.2) is 0 Å². The summed E-state index contributed by atoms with van der Waals surface area (Å²) in [4.78, 5) is 39.7. The normalized spacial score (nSPS) is 14.7. The number of rotatable bonds is 17. The molecule has 12 heteroatoms. The Labute approximate surface area is 191 Å². The molecule has 0 aliphatic carbocycles. The van der Waals surface area contributed by atoms with Crippen molar-refractivity contribution in [1.29, 1.82) is 0 Å². The summed E-state index contributed by atoms with van der Waals surface area (Å²) in [5.41, 5.74) is 0. The van der Waals surface area contributed by atoms with Gasteiger partial charge in [-0.05, 0) is 46.3 Å². The fraction of sp³-hybridized carbons (Fsp3) is 0.850. The Balaban J connectivity index is 4.04. The van der Waals surface area contributed by atoms with Gasteiger partial charge in [-0.25, -0.2) is 9.56 Å². The van der Waals surface area contributed by atoms with E-state index >= 15 is 0 Å². The number of phosphoric ester groups is 1. The molecule has 0 saturated heterocycles. The molecule has 0 fully saturated rings. The second-order valence-corrected chi connectivity index (χ2v) is 9.12. The van der Waals surface area contributed by atoms with Crippen LogP contribution in [0.4, 0.5) is 0 Å². The Morgan fingerprint density at radius 3 is 2.47 bits per heavy atom. The van der Waals surface area contributed by atoms with Crippen LogP contribution in [0.15, 0.2) is 4.99 Å². The van der Waals surface area contributed by atoms with Gasteiger partial charge in [-0.1, -0.05) is 20.3 Å². The van der Waals surface area contributed by atoms with E-state index in [0.29, 0.717) is 19.5 Å². The Hall–Kier alpha value is -1.52. The highest BCUT2D eigenvalue weighted by Crippen LogP contribution is 2.43. The van der Waals surface area contributed by atoms with Gasteiger partial charge in [0.1, 0.15) is 0 Å². The predicted molar refractivity (Wildman–Crippen MR) is 123 cm³/mol. The lowest BCUT2D eigenvalue weighted by atomic mass is 10.1. The van der Waals surface area contributed by atoms with E-state index in [1.54, 1.807) is 0 Å². The topological polar surface area (TPSA) is 139 Å². The number of hydrogen-bond donors (Lipinski definition) is 3. The molecule has 0 rings (SSSR count). The van der Waals surface area contributed by atoms with Crippen molar-refractivity contribution in [3.05, 3.63) is 0 Å². The molecular weight excluding hydrogens is 439 g/mol. The molecular formula is C20H41N4O7P. The van der Waals surface area contributed by atoms with Gasteiger partial charge < -0.3 is 25.2 Å². The van der Waals surface area contributed by atoms with Crippen LogP contribution in [0.25, 0.3) is 0 Å². The van der Waals surface area contributed by atoms with E-state index in [9.17, 15) is 19.0 Å². The molecule has 32 heavy (non-hydrogen) atoms. The first-order chi connectivity index (χ1) is 15.1. The third-order valence-electron chi connectivity index (χ3n) is 4.24. The summed E-state index contributed by atoms with van der Waals surface area (Å²) < 4.78 is 26.6. The number of esters is 1. The average Bonchev–Trinajstić information content (AvgIpc) is 2.72. The zero-order valence-electron chi connectivity index (χ0n) is 20.1. The first-order valence-electron chi connectivity index (χ1n) is 11.1. The van der Waals surface area contributed by atoms with Gasteiger partial charge in [0.25, 0.3) is 6.02 Å². The van der Waals surface area contributed by atoms with Crippen molar-refractivity contribution < 1.29 is 32.8 Å². The van der Waals surface area contributed by atoms with Crippen molar-refractivity contribution in [1.82, 2.24) is 15.5 Å². The molecule has 0 spiro atoms. The van der Waals surface area contributed by atoms with E-state index in [1.807, 2.05) is 34.9 Å². The van der Waals surface area contributed by atoms with E-state index in [2.05, 4.69) is 20.5 Å². The number of phosphoric acid groups is 1. The van der Waals surface area contributed by atoms with Crippen LogP contribution in [-0.2, 0) is 27.9 Å². The largest absolute Gasteiger partial charge is 0.472 e. The summed E-state index contributed by atoms with van der Waals surface area (Å²) >= 11 is 0. The van der Waals surface area contributed by atoms with Crippen LogP contribution in [0, 0.1) is 5.92 Å². The van der Waals surface area contributed by atoms with Gasteiger partial charge in [0, 0.05) is 32.5 Å². The number of amides is 1. The monoisotopic (exact) mass is 480 g/mol. The molecule has 0 aliphatic heterocycles. The molecule has 2 unspecified atom stereocenters. The van der Waals surface area contributed by atoms with E-state index in [-0.39, 0.29) is 50.4 Å². The number of amidine groups is 1. The lowest BCUT2D eigenvalue weighted by Gasteiger charge is -2.15. The van der Waals surface area contributed by atoms with Crippen molar-refractivity contribution >= 4 is 25.7 Å².